The summed E-state index contributed by atoms with van der Waals surface area (Å²) in [5, 5.41) is 16.4. The Kier molecular flexibility index (Phi) is 5.86. The summed E-state index contributed by atoms with van der Waals surface area (Å²) in [5.41, 5.74) is 8.87. The van der Waals surface area contributed by atoms with Crippen LogP contribution in [-0.2, 0) is 25.7 Å². The number of β-lactam (4-membered cyclic amide) rings is 1. The summed E-state index contributed by atoms with van der Waals surface area (Å²) in [5.74, 6) is -2.39. The van der Waals surface area contributed by atoms with Gasteiger partial charge in [0.1, 0.15) is 24.9 Å². The molecule has 0 aliphatic carbocycles. The van der Waals surface area contributed by atoms with E-state index < -0.39 is 47.0 Å². The number of nitro benzene ring substituents is 1. The number of azide groups is 1. The highest BCUT2D eigenvalue weighted by molar-refractivity contribution is 5.99. The van der Waals surface area contributed by atoms with Crippen molar-refractivity contribution >= 4 is 23.3 Å². The van der Waals surface area contributed by atoms with E-state index in [0.717, 1.165) is 0 Å². The van der Waals surface area contributed by atoms with Gasteiger partial charge in [0.15, 0.2) is 0 Å². The number of rotatable bonds is 8. The van der Waals surface area contributed by atoms with Crippen molar-refractivity contribution in [2.75, 3.05) is 0 Å². The van der Waals surface area contributed by atoms with Crippen LogP contribution in [0, 0.1) is 16.0 Å². The van der Waals surface area contributed by atoms with Crippen LogP contribution in [0.4, 0.5) is 5.69 Å². The van der Waals surface area contributed by atoms with Gasteiger partial charge >= 0.3 is 5.97 Å². The van der Waals surface area contributed by atoms with Crippen molar-refractivity contribution < 1.29 is 24.0 Å². The molecule has 0 saturated carbocycles. The van der Waals surface area contributed by atoms with Crippen molar-refractivity contribution in [2.24, 2.45) is 11.0 Å². The first-order valence-corrected chi connectivity index (χ1v) is 7.59. The first-order valence-electron chi connectivity index (χ1n) is 7.59. The number of ketones is 1. The highest BCUT2D eigenvalue weighted by atomic mass is 16.6. The second-order valence-corrected chi connectivity index (χ2v) is 5.70. The molecule has 1 aromatic rings. The third-order valence-electron chi connectivity index (χ3n) is 4.01. The molecule has 1 amide bonds. The van der Waals surface area contributed by atoms with E-state index in [1.165, 1.54) is 31.2 Å². The number of nitro groups is 1. The van der Waals surface area contributed by atoms with Crippen LogP contribution in [0.5, 0.6) is 0 Å². The predicted octanol–water partition coefficient (Wildman–Crippen LogP) is 1.41. The largest absolute Gasteiger partial charge is 0.460 e. The van der Waals surface area contributed by atoms with Crippen molar-refractivity contribution in [3.05, 3.63) is 50.4 Å². The lowest BCUT2D eigenvalue weighted by Crippen LogP contribution is -2.65. The number of amides is 1. The van der Waals surface area contributed by atoms with Gasteiger partial charge < -0.3 is 10.1 Å². The Hall–Kier alpha value is -3.46. The molecule has 0 aromatic heterocycles. The molecule has 2 rings (SSSR count). The molecule has 0 spiro atoms. The monoisotopic (exact) mass is 361 g/mol. The Bertz CT molecular complexity index is 784. The Balaban J connectivity index is 1.83. The molecular weight excluding hydrogens is 346 g/mol. The summed E-state index contributed by atoms with van der Waals surface area (Å²) in [6.45, 7) is 1.40. The molecule has 136 valence electrons. The normalized spacial score (nSPS) is 19.3. The number of hydrogen-bond donors (Lipinski definition) is 1. The summed E-state index contributed by atoms with van der Waals surface area (Å²) in [4.78, 5) is 47.8. The highest BCUT2D eigenvalue weighted by Crippen LogP contribution is 2.21. The minimum atomic E-state index is -0.963. The zero-order valence-electron chi connectivity index (χ0n) is 13.7. The van der Waals surface area contributed by atoms with Gasteiger partial charge in [0.2, 0.25) is 5.91 Å². The summed E-state index contributed by atoms with van der Waals surface area (Å²) in [7, 11) is 0. The van der Waals surface area contributed by atoms with Crippen molar-refractivity contribution in [3.8, 4) is 0 Å². The average Bonchev–Trinajstić information content (AvgIpc) is 2.62. The van der Waals surface area contributed by atoms with Gasteiger partial charge in [-0.15, -0.1) is 0 Å². The fraction of sp³-hybridized carbons (Fsp3) is 0.400. The van der Waals surface area contributed by atoms with Crippen molar-refractivity contribution in [2.45, 2.75) is 32.0 Å². The van der Waals surface area contributed by atoms with Crippen LogP contribution in [0.3, 0.4) is 0 Å². The van der Waals surface area contributed by atoms with Crippen molar-refractivity contribution in [1.29, 1.82) is 0 Å². The number of ether oxygens (including phenoxy) is 1. The zero-order valence-corrected chi connectivity index (χ0v) is 13.7. The van der Waals surface area contributed by atoms with E-state index in [1.54, 1.807) is 0 Å². The minimum absolute atomic E-state index is 0.0822. The summed E-state index contributed by atoms with van der Waals surface area (Å²) >= 11 is 0. The average molecular weight is 361 g/mol. The van der Waals surface area contributed by atoms with Crippen LogP contribution >= 0.6 is 0 Å². The molecule has 1 aliphatic rings. The fourth-order valence-corrected chi connectivity index (χ4v) is 2.41. The van der Waals surface area contributed by atoms with Crippen LogP contribution in [-0.4, -0.2) is 34.7 Å². The van der Waals surface area contributed by atoms with E-state index in [1.807, 2.05) is 0 Å². The van der Waals surface area contributed by atoms with Gasteiger partial charge in [0.05, 0.1) is 11.0 Å². The van der Waals surface area contributed by atoms with E-state index in [0.29, 0.717) is 5.56 Å². The quantitative estimate of drug-likeness (QED) is 0.107. The number of non-ortho nitro benzene ring substituents is 1. The smallest absolute Gasteiger partial charge is 0.313 e. The topological polar surface area (TPSA) is 164 Å². The molecule has 1 N–H and O–H groups in total. The van der Waals surface area contributed by atoms with Crippen molar-refractivity contribution in [3.63, 3.8) is 0 Å². The fourth-order valence-electron chi connectivity index (χ4n) is 2.41. The minimum Gasteiger partial charge on any atom is -0.460 e. The summed E-state index contributed by atoms with van der Waals surface area (Å²) in [6, 6.07) is 3.86. The number of nitrogens with zero attached hydrogens (tertiary/aromatic N) is 4. The lowest BCUT2D eigenvalue weighted by Gasteiger charge is -2.37. The van der Waals surface area contributed by atoms with Gasteiger partial charge in [0, 0.05) is 23.0 Å². The second-order valence-electron chi connectivity index (χ2n) is 5.70. The molecule has 11 heteroatoms. The number of carbonyl (C=O) groups is 3. The number of Topliss-reactive ketones (excluding diaryl/α,β-unsaturated/α-hetero) is 1. The SMILES string of the molecule is C[C@@H](C(=O)CC(=O)OCc1ccc([N+](=O)[O-])cc1)[C@H]1NC(=O)[C@H]1N=[N+]=[N-]. The lowest BCUT2D eigenvalue weighted by molar-refractivity contribution is -0.384. The molecule has 1 saturated heterocycles. The van der Waals surface area contributed by atoms with Crippen LogP contribution in [0.1, 0.15) is 18.9 Å². The number of nitrogens with one attached hydrogen (secondary N) is 1. The number of hydrogen-bond acceptors (Lipinski definition) is 7. The number of benzene rings is 1. The van der Waals surface area contributed by atoms with E-state index in [-0.39, 0.29) is 12.3 Å². The van der Waals surface area contributed by atoms with Crippen molar-refractivity contribution in [1.82, 2.24) is 5.32 Å². The Morgan fingerprint density at radius 1 is 1.42 bits per heavy atom. The van der Waals surface area contributed by atoms with Crippen LogP contribution in [0.15, 0.2) is 29.4 Å². The second kappa shape index (κ2) is 8.08. The zero-order chi connectivity index (χ0) is 19.3. The third-order valence-corrected chi connectivity index (χ3v) is 4.01. The Labute approximate surface area is 147 Å². The molecule has 3 atom stereocenters. The van der Waals surface area contributed by atoms with Gasteiger partial charge in [-0.3, -0.25) is 24.5 Å². The Morgan fingerprint density at radius 3 is 2.62 bits per heavy atom. The molecule has 11 nitrogen and oxygen atoms in total. The van der Waals surface area contributed by atoms with E-state index in [4.69, 9.17) is 10.3 Å². The van der Waals surface area contributed by atoms with Gasteiger partial charge in [0.25, 0.3) is 5.69 Å². The van der Waals surface area contributed by atoms with E-state index in [2.05, 4.69) is 15.3 Å². The molecule has 26 heavy (non-hydrogen) atoms. The molecule has 1 aliphatic heterocycles. The first-order chi connectivity index (χ1) is 12.3. The molecule has 0 radical (unpaired) electrons. The van der Waals surface area contributed by atoms with Gasteiger partial charge in [-0.2, -0.15) is 0 Å². The molecule has 1 heterocycles. The van der Waals surface area contributed by atoms with Crippen LogP contribution in [0.25, 0.3) is 10.4 Å². The Morgan fingerprint density at radius 2 is 2.08 bits per heavy atom. The molecule has 1 fully saturated rings. The van der Waals surface area contributed by atoms with Gasteiger partial charge in [-0.1, -0.05) is 12.0 Å². The number of carbonyl (C=O) groups excluding carboxylic acids is 3. The van der Waals surface area contributed by atoms with Gasteiger partial charge in [-0.05, 0) is 23.2 Å². The van der Waals surface area contributed by atoms with Crippen LogP contribution in [0.2, 0.25) is 0 Å². The standard InChI is InChI=1S/C15H15N5O6/c1-8(13-14(18-19-16)15(23)17-13)11(21)6-12(22)26-7-9-2-4-10(5-3-9)20(24)25/h2-5,8,13-14H,6-7H2,1H3,(H,17,23)/t8-,13+,14-/m0/s1. The third kappa shape index (κ3) is 4.33. The summed E-state index contributed by atoms with van der Waals surface area (Å²) < 4.78 is 4.98. The maximum atomic E-state index is 12.1. The van der Waals surface area contributed by atoms with E-state index >= 15 is 0 Å². The molecule has 1 aromatic carbocycles. The maximum absolute atomic E-state index is 12.1. The molecule has 0 unspecified atom stereocenters. The van der Waals surface area contributed by atoms with E-state index in [9.17, 15) is 24.5 Å². The number of esters is 1. The van der Waals surface area contributed by atoms with Crippen LogP contribution < -0.4 is 5.32 Å². The lowest BCUT2D eigenvalue weighted by atomic mass is 9.84. The molecule has 0 bridgehead atoms. The summed E-state index contributed by atoms with van der Waals surface area (Å²) in [6.07, 6.45) is -0.497. The highest BCUT2D eigenvalue weighted by Gasteiger charge is 2.44. The van der Waals surface area contributed by atoms with Gasteiger partial charge in [-0.25, -0.2) is 0 Å². The predicted molar refractivity (Wildman–Crippen MR) is 86.5 cm³/mol. The maximum Gasteiger partial charge on any atom is 0.313 e. The molecular formula is C15H15N5O6. The first kappa shape index (κ1) is 18.9.